The molecule has 1 unspecified atom stereocenters. The summed E-state index contributed by atoms with van der Waals surface area (Å²) in [5, 5.41) is 9.41. The number of aromatic nitrogens is 3. The summed E-state index contributed by atoms with van der Waals surface area (Å²) in [6.45, 7) is 10.6. The first kappa shape index (κ1) is 26.1. The molecule has 3 aromatic heterocycles. The van der Waals surface area contributed by atoms with E-state index in [2.05, 4.69) is 25.4 Å². The van der Waals surface area contributed by atoms with Crippen LogP contribution < -0.4 is 4.74 Å². The highest BCUT2D eigenvalue weighted by Crippen LogP contribution is 2.30. The highest BCUT2D eigenvalue weighted by Gasteiger charge is 2.25. The van der Waals surface area contributed by atoms with E-state index in [0.717, 1.165) is 60.0 Å². The van der Waals surface area contributed by atoms with Crippen molar-refractivity contribution in [1.29, 1.82) is 0 Å². The molecule has 2 aliphatic heterocycles. The maximum absolute atomic E-state index is 14.2. The molecule has 40 heavy (non-hydrogen) atoms. The van der Waals surface area contributed by atoms with Gasteiger partial charge in [-0.2, -0.15) is 0 Å². The van der Waals surface area contributed by atoms with E-state index in [9.17, 15) is 14.3 Å². The minimum Gasteiger partial charge on any atom is -0.477 e. The van der Waals surface area contributed by atoms with Gasteiger partial charge in [-0.1, -0.05) is 24.3 Å². The van der Waals surface area contributed by atoms with Gasteiger partial charge in [0.1, 0.15) is 28.0 Å². The van der Waals surface area contributed by atoms with E-state index in [1.54, 1.807) is 24.3 Å². The topological polar surface area (TPSA) is 94.1 Å². The Hall–Kier alpha value is -4.11. The number of imidazole rings is 1. The van der Waals surface area contributed by atoms with Gasteiger partial charge in [-0.25, -0.2) is 24.0 Å². The van der Waals surface area contributed by atoms with Crippen LogP contribution in [-0.4, -0.2) is 56.3 Å². The second-order valence-corrected chi connectivity index (χ2v) is 10.8. The van der Waals surface area contributed by atoms with Gasteiger partial charge in [0.25, 0.3) is 0 Å². The number of ether oxygens (including phenoxy) is 2. The normalized spacial score (nSPS) is 17.3. The molecule has 1 N–H and O–H groups in total. The standard InChI is InChI=1S/C29H26FN5O4S/c1-31-20-6-5-19(22(30)13-20)17-39-27-4-2-3-23(32-27)18-7-10-34(11-8-18)16-26-33-28-24(14-25(40-28)29(36)37)35(26)15-21-9-12-38-21/h2-7,13-14,21H,8-12,15-17H2,(H,36,37). The summed E-state index contributed by atoms with van der Waals surface area (Å²) in [6.07, 6.45) is 4.08. The Morgan fingerprint density at radius 1 is 1.27 bits per heavy atom. The van der Waals surface area contributed by atoms with E-state index >= 15 is 0 Å². The van der Waals surface area contributed by atoms with Crippen LogP contribution in [0.3, 0.4) is 0 Å². The largest absolute Gasteiger partial charge is 0.477 e. The van der Waals surface area contributed by atoms with Crippen molar-refractivity contribution in [2.24, 2.45) is 0 Å². The lowest BCUT2D eigenvalue weighted by molar-refractivity contribution is -0.0591. The maximum Gasteiger partial charge on any atom is 0.346 e. The van der Waals surface area contributed by atoms with Gasteiger partial charge in [0, 0.05) is 31.3 Å². The van der Waals surface area contributed by atoms with E-state index < -0.39 is 11.8 Å². The Morgan fingerprint density at radius 2 is 2.15 bits per heavy atom. The third kappa shape index (κ3) is 5.47. The molecule has 5 heterocycles. The number of pyridine rings is 1. The van der Waals surface area contributed by atoms with Crippen molar-refractivity contribution in [2.75, 3.05) is 19.7 Å². The first-order valence-corrected chi connectivity index (χ1v) is 13.8. The van der Waals surface area contributed by atoms with Crippen LogP contribution in [0.2, 0.25) is 0 Å². The summed E-state index contributed by atoms with van der Waals surface area (Å²) >= 11 is 1.20. The molecule has 0 amide bonds. The summed E-state index contributed by atoms with van der Waals surface area (Å²) < 4.78 is 27.7. The molecule has 6 rings (SSSR count). The molecule has 0 spiro atoms. The summed E-state index contributed by atoms with van der Waals surface area (Å²) in [7, 11) is 0. The molecule has 9 nitrogen and oxygen atoms in total. The Labute approximate surface area is 233 Å². The molecule has 1 saturated heterocycles. The Morgan fingerprint density at radius 3 is 2.85 bits per heavy atom. The second-order valence-electron chi connectivity index (χ2n) is 9.78. The first-order valence-electron chi connectivity index (χ1n) is 13.0. The van der Waals surface area contributed by atoms with Crippen molar-refractivity contribution in [3.8, 4) is 5.88 Å². The molecule has 2 aliphatic rings. The number of fused-ring (bicyclic) bond motifs is 1. The number of halogens is 1. The van der Waals surface area contributed by atoms with Crippen LogP contribution in [0.25, 0.3) is 20.8 Å². The number of carboxylic acid groups (broad SMARTS) is 1. The molecule has 0 bridgehead atoms. The van der Waals surface area contributed by atoms with Gasteiger partial charge in [-0.15, -0.1) is 11.3 Å². The fourth-order valence-corrected chi connectivity index (χ4v) is 5.75. The van der Waals surface area contributed by atoms with E-state index in [1.807, 2.05) is 12.1 Å². The molecule has 1 fully saturated rings. The van der Waals surface area contributed by atoms with Gasteiger partial charge in [-0.3, -0.25) is 4.90 Å². The zero-order chi connectivity index (χ0) is 27.6. The van der Waals surface area contributed by atoms with E-state index in [4.69, 9.17) is 21.0 Å². The molecule has 1 atom stereocenters. The summed E-state index contributed by atoms with van der Waals surface area (Å²) in [6, 6.07) is 11.6. The Bertz CT molecular complexity index is 1650. The van der Waals surface area contributed by atoms with Gasteiger partial charge in [0.05, 0.1) is 37.0 Å². The third-order valence-electron chi connectivity index (χ3n) is 7.17. The minimum absolute atomic E-state index is 0.0251. The van der Waals surface area contributed by atoms with Gasteiger partial charge in [0.2, 0.25) is 5.88 Å². The predicted molar refractivity (Wildman–Crippen MR) is 148 cm³/mol. The third-order valence-corrected chi connectivity index (χ3v) is 8.18. The lowest BCUT2D eigenvalue weighted by atomic mass is 10.0. The van der Waals surface area contributed by atoms with Crippen molar-refractivity contribution in [3.05, 3.63) is 87.7 Å². The lowest BCUT2D eigenvalue weighted by Crippen LogP contribution is -2.33. The zero-order valence-electron chi connectivity index (χ0n) is 21.5. The van der Waals surface area contributed by atoms with Crippen LogP contribution in [0.4, 0.5) is 10.1 Å². The Balaban J connectivity index is 1.12. The fraction of sp³-hybridized carbons (Fsp3) is 0.310. The van der Waals surface area contributed by atoms with Crippen molar-refractivity contribution in [1.82, 2.24) is 19.4 Å². The summed E-state index contributed by atoms with van der Waals surface area (Å²) in [5.41, 5.74) is 3.42. The van der Waals surface area contributed by atoms with Crippen LogP contribution in [0.15, 0.2) is 48.5 Å². The molecular weight excluding hydrogens is 533 g/mol. The van der Waals surface area contributed by atoms with Crippen LogP contribution in [0, 0.1) is 12.4 Å². The average molecular weight is 560 g/mol. The van der Waals surface area contributed by atoms with E-state index in [1.165, 1.54) is 17.4 Å². The predicted octanol–water partition coefficient (Wildman–Crippen LogP) is 5.54. The van der Waals surface area contributed by atoms with Crippen molar-refractivity contribution in [2.45, 2.75) is 38.6 Å². The van der Waals surface area contributed by atoms with Crippen LogP contribution in [0.1, 0.15) is 39.6 Å². The van der Waals surface area contributed by atoms with Crippen LogP contribution in [-0.2, 0) is 24.4 Å². The van der Waals surface area contributed by atoms with Crippen LogP contribution in [0.5, 0.6) is 5.88 Å². The number of thiophene rings is 1. The zero-order valence-corrected chi connectivity index (χ0v) is 22.4. The first-order chi connectivity index (χ1) is 19.5. The number of benzene rings is 1. The summed E-state index contributed by atoms with van der Waals surface area (Å²) in [4.78, 5) is 27.5. The molecular formula is C29H26FN5O4S. The lowest BCUT2D eigenvalue weighted by Gasteiger charge is -2.29. The van der Waals surface area contributed by atoms with Gasteiger partial charge < -0.3 is 19.1 Å². The number of carboxylic acids is 1. The van der Waals surface area contributed by atoms with Crippen molar-refractivity contribution >= 4 is 38.9 Å². The quantitative estimate of drug-likeness (QED) is 0.269. The molecule has 4 aromatic rings. The van der Waals surface area contributed by atoms with E-state index in [-0.39, 0.29) is 18.4 Å². The van der Waals surface area contributed by atoms with Crippen molar-refractivity contribution in [3.63, 3.8) is 0 Å². The number of hydrogen-bond donors (Lipinski definition) is 1. The van der Waals surface area contributed by atoms with Crippen LogP contribution >= 0.6 is 11.3 Å². The van der Waals surface area contributed by atoms with Gasteiger partial charge in [0.15, 0.2) is 5.69 Å². The van der Waals surface area contributed by atoms with Crippen molar-refractivity contribution < 1.29 is 23.8 Å². The molecule has 0 aliphatic carbocycles. The minimum atomic E-state index is -0.935. The Kier molecular flexibility index (Phi) is 7.30. The van der Waals surface area contributed by atoms with Gasteiger partial charge >= 0.3 is 5.97 Å². The smallest absolute Gasteiger partial charge is 0.346 e. The highest BCUT2D eigenvalue weighted by atomic mass is 32.1. The number of hydrogen-bond acceptors (Lipinski definition) is 7. The van der Waals surface area contributed by atoms with Gasteiger partial charge in [-0.05, 0) is 36.6 Å². The number of nitrogens with zero attached hydrogens (tertiary/aromatic N) is 5. The second kappa shape index (κ2) is 11.2. The highest BCUT2D eigenvalue weighted by molar-refractivity contribution is 7.20. The average Bonchev–Trinajstić information content (AvgIpc) is 3.49. The number of rotatable bonds is 9. The molecule has 0 saturated carbocycles. The SMILES string of the molecule is [C-]#[N+]c1ccc(COc2cccc(C3=CCN(Cc4nc5sc(C(=O)O)cc5n4CC4CCO4)CC3)n2)c(F)c1. The molecule has 1 aromatic carbocycles. The molecule has 204 valence electrons. The number of carbonyl (C=O) groups is 1. The monoisotopic (exact) mass is 559 g/mol. The fourth-order valence-electron chi connectivity index (χ4n) is 4.86. The molecule has 11 heteroatoms. The number of aromatic carboxylic acids is 1. The summed E-state index contributed by atoms with van der Waals surface area (Å²) in [5.74, 6) is -0.0794. The van der Waals surface area contributed by atoms with E-state index in [0.29, 0.717) is 29.4 Å². The molecule has 0 radical (unpaired) electrons. The maximum atomic E-state index is 14.2.